The maximum Gasteiger partial charge on any atom is 0.303 e. The predicted molar refractivity (Wildman–Crippen MR) is 174 cm³/mol. The molecule has 4 aromatic carbocycles. The number of fused-ring (bicyclic) bond motifs is 1. The molecular weight excluding hydrogens is 554 g/mol. The first kappa shape index (κ1) is 26.1. The normalized spacial score (nSPS) is 13.9. The third-order valence-electron chi connectivity index (χ3n) is 7.03. The number of nitrogens with one attached hydrogen (secondary N) is 2. The molecule has 8 nitrogen and oxygen atoms in total. The number of aromatic nitrogens is 3. The molecule has 0 bridgehead atoms. The number of hydrazone groups is 1. The number of hydrogen-bond donors (Lipinski definition) is 2. The van der Waals surface area contributed by atoms with Gasteiger partial charge in [-0.2, -0.15) is 0 Å². The summed E-state index contributed by atoms with van der Waals surface area (Å²) in [6.07, 6.45) is 1.56. The Bertz CT molecular complexity index is 2080. The number of hydrogen-bond acceptors (Lipinski definition) is 6. The van der Waals surface area contributed by atoms with Crippen LogP contribution in [0.3, 0.4) is 0 Å². The highest BCUT2D eigenvalue weighted by molar-refractivity contribution is 7.71. The van der Waals surface area contributed by atoms with Gasteiger partial charge in [-0.15, -0.1) is 5.10 Å². The number of benzene rings is 4. The summed E-state index contributed by atoms with van der Waals surface area (Å²) in [6, 6.07) is 38.7. The Labute approximate surface area is 252 Å². The zero-order valence-corrected chi connectivity index (χ0v) is 23.5. The number of amides is 1. The number of rotatable bonds is 6. The second-order valence-electron chi connectivity index (χ2n) is 9.75. The standard InChI is InChI=1S/C34H23N7OS/c42-34-31(40-39-25-14-8-3-9-15-25)38-32(24-12-6-2-7-13-24)41(34)26-18-16-23(17-19-26)28-20-27(22-10-4-1-5-11-22)29-30(37-28)35-21-36-33(29)43/h1-21,39H,(H,35,36,37,43)/b40-31-. The number of aliphatic imine (C=N–C) groups is 1. The molecule has 2 N–H and O–H groups in total. The lowest BCUT2D eigenvalue weighted by Gasteiger charge is -2.18. The van der Waals surface area contributed by atoms with E-state index < -0.39 is 0 Å². The molecule has 0 atom stereocenters. The minimum Gasteiger partial charge on any atom is -0.337 e. The molecule has 1 amide bonds. The van der Waals surface area contributed by atoms with Gasteiger partial charge in [0.1, 0.15) is 10.5 Å². The van der Waals surface area contributed by atoms with Crippen LogP contribution in [0.25, 0.3) is 33.4 Å². The first-order valence-electron chi connectivity index (χ1n) is 13.6. The lowest BCUT2D eigenvalue weighted by molar-refractivity contribution is -0.111. The van der Waals surface area contributed by atoms with Gasteiger partial charge in [-0.05, 0) is 41.5 Å². The molecule has 0 saturated carbocycles. The maximum absolute atomic E-state index is 13.7. The van der Waals surface area contributed by atoms with E-state index >= 15 is 0 Å². The summed E-state index contributed by atoms with van der Waals surface area (Å²) in [6.45, 7) is 0. The van der Waals surface area contributed by atoms with Crippen LogP contribution in [0.4, 0.5) is 11.4 Å². The molecule has 206 valence electrons. The van der Waals surface area contributed by atoms with Crippen molar-refractivity contribution in [2.75, 3.05) is 10.3 Å². The molecule has 0 unspecified atom stereocenters. The summed E-state index contributed by atoms with van der Waals surface area (Å²) in [4.78, 5) is 32.2. The van der Waals surface area contributed by atoms with Gasteiger partial charge in [0.15, 0.2) is 5.65 Å². The zero-order valence-electron chi connectivity index (χ0n) is 22.7. The van der Waals surface area contributed by atoms with Gasteiger partial charge in [0, 0.05) is 11.1 Å². The van der Waals surface area contributed by atoms with Crippen LogP contribution < -0.4 is 10.3 Å². The number of para-hydroxylation sites is 1. The van der Waals surface area contributed by atoms with E-state index in [1.54, 1.807) is 11.2 Å². The number of aromatic amines is 1. The molecule has 6 aromatic rings. The van der Waals surface area contributed by atoms with Crippen molar-refractivity contribution in [2.45, 2.75) is 0 Å². The van der Waals surface area contributed by atoms with Gasteiger partial charge in [0.25, 0.3) is 0 Å². The second kappa shape index (κ2) is 11.2. The number of carbonyl (C=O) groups is 1. The number of H-pyrrole nitrogens is 1. The molecule has 1 aliphatic rings. The van der Waals surface area contributed by atoms with Gasteiger partial charge in [0.05, 0.1) is 28.8 Å². The van der Waals surface area contributed by atoms with Crippen molar-refractivity contribution in [3.63, 3.8) is 0 Å². The van der Waals surface area contributed by atoms with Gasteiger partial charge in [0.2, 0.25) is 5.84 Å². The van der Waals surface area contributed by atoms with Crippen LogP contribution in [0.15, 0.2) is 138 Å². The molecule has 1 aliphatic heterocycles. The van der Waals surface area contributed by atoms with Crippen molar-refractivity contribution >= 4 is 52.2 Å². The largest absolute Gasteiger partial charge is 0.337 e. The second-order valence-corrected chi connectivity index (χ2v) is 10.2. The summed E-state index contributed by atoms with van der Waals surface area (Å²) >= 11 is 5.60. The summed E-state index contributed by atoms with van der Waals surface area (Å²) in [5.74, 6) is 0.238. The first-order valence-corrected chi connectivity index (χ1v) is 14.0. The average molecular weight is 578 g/mol. The molecule has 2 aromatic heterocycles. The highest BCUT2D eigenvalue weighted by Gasteiger charge is 2.34. The summed E-state index contributed by atoms with van der Waals surface area (Å²) in [7, 11) is 0. The van der Waals surface area contributed by atoms with E-state index in [4.69, 9.17) is 17.2 Å². The fourth-order valence-electron chi connectivity index (χ4n) is 4.97. The van der Waals surface area contributed by atoms with E-state index in [1.807, 2.05) is 121 Å². The molecule has 0 fully saturated rings. The average Bonchev–Trinajstić information content (AvgIpc) is 3.40. The number of carbonyl (C=O) groups excluding carboxylic acids is 1. The van der Waals surface area contributed by atoms with Gasteiger partial charge < -0.3 is 4.98 Å². The molecule has 43 heavy (non-hydrogen) atoms. The van der Waals surface area contributed by atoms with E-state index in [0.29, 0.717) is 21.8 Å². The fourth-order valence-corrected chi connectivity index (χ4v) is 5.22. The molecule has 0 spiro atoms. The molecular formula is C34H23N7OS. The van der Waals surface area contributed by atoms with Crippen LogP contribution >= 0.6 is 12.2 Å². The van der Waals surface area contributed by atoms with Gasteiger partial charge in [-0.25, -0.2) is 15.0 Å². The third-order valence-corrected chi connectivity index (χ3v) is 7.35. The number of anilines is 2. The van der Waals surface area contributed by atoms with E-state index in [-0.39, 0.29) is 11.7 Å². The van der Waals surface area contributed by atoms with Gasteiger partial charge in [-0.3, -0.25) is 15.1 Å². The monoisotopic (exact) mass is 577 g/mol. The van der Waals surface area contributed by atoms with Gasteiger partial charge >= 0.3 is 5.91 Å². The maximum atomic E-state index is 13.7. The van der Waals surface area contributed by atoms with Crippen LogP contribution in [0.2, 0.25) is 0 Å². The number of amidine groups is 2. The van der Waals surface area contributed by atoms with Crippen molar-refractivity contribution in [3.8, 4) is 22.4 Å². The SMILES string of the molecule is O=C1/C(=N/Nc2ccccc2)N=C(c2ccccc2)N1c1ccc(-c2cc(-c3ccccc3)c3c(=S)[nH]cnc3n2)cc1. The van der Waals surface area contributed by atoms with Crippen LogP contribution in [0.5, 0.6) is 0 Å². The van der Waals surface area contributed by atoms with E-state index in [1.165, 1.54) is 0 Å². The fraction of sp³-hybridized carbons (Fsp3) is 0. The van der Waals surface area contributed by atoms with E-state index in [0.717, 1.165) is 39.0 Å². The van der Waals surface area contributed by atoms with Crippen molar-refractivity contribution in [3.05, 3.63) is 138 Å². The highest BCUT2D eigenvalue weighted by Crippen LogP contribution is 2.33. The van der Waals surface area contributed by atoms with Crippen LogP contribution in [0, 0.1) is 4.64 Å². The molecule has 0 radical (unpaired) electrons. The summed E-state index contributed by atoms with van der Waals surface area (Å²) in [5, 5.41) is 5.12. The van der Waals surface area contributed by atoms with Crippen LogP contribution in [-0.4, -0.2) is 32.5 Å². The lowest BCUT2D eigenvalue weighted by Crippen LogP contribution is -2.34. The number of pyridine rings is 1. The van der Waals surface area contributed by atoms with Crippen LogP contribution in [-0.2, 0) is 4.79 Å². The Kier molecular flexibility index (Phi) is 6.82. The predicted octanol–water partition coefficient (Wildman–Crippen LogP) is 7.24. The minimum absolute atomic E-state index is 0.0677. The molecule has 9 heteroatoms. The first-order chi connectivity index (χ1) is 21.2. The van der Waals surface area contributed by atoms with Crippen molar-refractivity contribution in [1.29, 1.82) is 0 Å². The Morgan fingerprint density at radius 3 is 2.12 bits per heavy atom. The molecule has 0 saturated heterocycles. The van der Waals surface area contributed by atoms with Gasteiger partial charge in [-0.1, -0.05) is 103 Å². The topological polar surface area (TPSA) is 98.6 Å². The van der Waals surface area contributed by atoms with Crippen molar-refractivity contribution in [1.82, 2.24) is 15.0 Å². The minimum atomic E-state index is -0.330. The van der Waals surface area contributed by atoms with E-state index in [2.05, 4.69) is 25.5 Å². The summed E-state index contributed by atoms with van der Waals surface area (Å²) < 4.78 is 0.581. The quantitative estimate of drug-likeness (QED) is 0.161. The Morgan fingerprint density at radius 2 is 1.42 bits per heavy atom. The zero-order chi connectivity index (χ0) is 29.2. The third kappa shape index (κ3) is 5.09. The van der Waals surface area contributed by atoms with Crippen molar-refractivity contribution < 1.29 is 4.79 Å². The van der Waals surface area contributed by atoms with Crippen LogP contribution in [0.1, 0.15) is 5.56 Å². The van der Waals surface area contributed by atoms with Crippen molar-refractivity contribution in [2.24, 2.45) is 10.1 Å². The molecule has 0 aliphatic carbocycles. The summed E-state index contributed by atoms with van der Waals surface area (Å²) in [5.41, 5.74) is 9.29. The molecule has 7 rings (SSSR count). The lowest BCUT2D eigenvalue weighted by atomic mass is 10.0. The number of nitrogens with zero attached hydrogens (tertiary/aromatic N) is 5. The highest BCUT2D eigenvalue weighted by atomic mass is 32.1. The smallest absolute Gasteiger partial charge is 0.303 e. The van der Waals surface area contributed by atoms with E-state index in [9.17, 15) is 4.79 Å². The Balaban J connectivity index is 1.27. The Morgan fingerprint density at radius 1 is 0.767 bits per heavy atom. The Hall–Kier alpha value is -5.80. The molecule has 3 heterocycles.